The standard InChI is InChI=1S/C22H46O2S.H3O4P/c1-3-5-6-7-8-9-10-11-12-13-14-15-16-17-18-25-21-22(19-23)20-24-4-2;1-5(2,3)4/h22-23H,3-21H2,1-2H3;(H3,1,2,3,4). The minimum atomic E-state index is -4.64. The lowest BCUT2D eigenvalue weighted by molar-refractivity contribution is 0.0903. The van der Waals surface area contributed by atoms with Crippen LogP contribution in [0.2, 0.25) is 0 Å². The Kier molecular flexibility index (Phi) is 27.8. The zero-order chi connectivity index (χ0) is 22.9. The van der Waals surface area contributed by atoms with Crippen LogP contribution in [-0.4, -0.2) is 51.1 Å². The maximum Gasteiger partial charge on any atom is 0.466 e. The van der Waals surface area contributed by atoms with Crippen LogP contribution in [0.1, 0.15) is 104 Å². The lowest BCUT2D eigenvalue weighted by Crippen LogP contribution is -2.16. The molecule has 0 aromatic heterocycles. The van der Waals surface area contributed by atoms with E-state index < -0.39 is 7.82 Å². The summed E-state index contributed by atoms with van der Waals surface area (Å²) in [4.78, 5) is 21.6. The second kappa shape index (κ2) is 25.6. The van der Waals surface area contributed by atoms with Crippen molar-refractivity contribution in [2.24, 2.45) is 5.92 Å². The zero-order valence-corrected chi connectivity index (χ0v) is 21.2. The maximum absolute atomic E-state index is 9.28. The summed E-state index contributed by atoms with van der Waals surface area (Å²) in [7, 11) is -4.64. The van der Waals surface area contributed by atoms with E-state index in [0.717, 1.165) is 12.4 Å². The third-order valence-corrected chi connectivity index (χ3v) is 6.10. The van der Waals surface area contributed by atoms with E-state index in [1.165, 1.54) is 95.6 Å². The van der Waals surface area contributed by atoms with E-state index in [1.54, 1.807) is 0 Å². The Bertz CT molecular complexity index is 359. The first-order chi connectivity index (χ1) is 14.3. The molecule has 0 amide bonds. The van der Waals surface area contributed by atoms with E-state index in [-0.39, 0.29) is 6.61 Å². The van der Waals surface area contributed by atoms with Crippen LogP contribution in [0.15, 0.2) is 0 Å². The van der Waals surface area contributed by atoms with Gasteiger partial charge in [0.2, 0.25) is 0 Å². The van der Waals surface area contributed by atoms with Crippen molar-refractivity contribution in [3.63, 3.8) is 0 Å². The van der Waals surface area contributed by atoms with E-state index in [4.69, 9.17) is 24.0 Å². The molecular weight excluding hydrogens is 423 g/mol. The lowest BCUT2D eigenvalue weighted by atomic mass is 10.0. The number of aliphatic hydroxyl groups is 1. The fourth-order valence-electron chi connectivity index (χ4n) is 3.09. The molecule has 184 valence electrons. The molecule has 1 atom stereocenters. The number of phosphoric acid groups is 1. The van der Waals surface area contributed by atoms with Crippen molar-refractivity contribution in [1.82, 2.24) is 0 Å². The van der Waals surface area contributed by atoms with Gasteiger partial charge in [0, 0.05) is 24.9 Å². The van der Waals surface area contributed by atoms with Crippen molar-refractivity contribution < 1.29 is 29.1 Å². The van der Waals surface area contributed by atoms with E-state index in [1.807, 2.05) is 18.7 Å². The molecular formula is C22H49O6PS. The van der Waals surface area contributed by atoms with Crippen LogP contribution in [0.5, 0.6) is 0 Å². The van der Waals surface area contributed by atoms with E-state index >= 15 is 0 Å². The molecule has 4 N–H and O–H groups in total. The molecule has 0 aliphatic heterocycles. The van der Waals surface area contributed by atoms with Gasteiger partial charge in [0.15, 0.2) is 0 Å². The molecule has 0 aliphatic rings. The highest BCUT2D eigenvalue weighted by molar-refractivity contribution is 7.99. The van der Waals surface area contributed by atoms with Gasteiger partial charge in [-0.15, -0.1) is 0 Å². The molecule has 30 heavy (non-hydrogen) atoms. The van der Waals surface area contributed by atoms with Crippen molar-refractivity contribution in [2.75, 3.05) is 31.3 Å². The Morgan fingerprint density at radius 3 is 1.53 bits per heavy atom. The molecule has 0 aromatic carbocycles. The van der Waals surface area contributed by atoms with Gasteiger partial charge in [0.25, 0.3) is 0 Å². The summed E-state index contributed by atoms with van der Waals surface area (Å²) in [5.74, 6) is 2.59. The minimum absolute atomic E-state index is 0.256. The molecule has 0 saturated carbocycles. The van der Waals surface area contributed by atoms with Crippen LogP contribution in [0.4, 0.5) is 0 Å². The van der Waals surface area contributed by atoms with Gasteiger partial charge in [-0.25, -0.2) is 4.57 Å². The molecule has 0 spiro atoms. The number of rotatable bonds is 21. The summed E-state index contributed by atoms with van der Waals surface area (Å²) in [6.07, 6.45) is 19.9. The smallest absolute Gasteiger partial charge is 0.396 e. The zero-order valence-electron chi connectivity index (χ0n) is 19.5. The van der Waals surface area contributed by atoms with Crippen LogP contribution in [0, 0.1) is 5.92 Å². The molecule has 0 saturated heterocycles. The molecule has 0 aromatic rings. The predicted octanol–water partition coefficient (Wildman–Crippen LogP) is 5.92. The van der Waals surface area contributed by atoms with Crippen molar-refractivity contribution in [3.8, 4) is 0 Å². The number of unbranched alkanes of at least 4 members (excludes halogenated alkanes) is 13. The molecule has 0 bridgehead atoms. The van der Waals surface area contributed by atoms with Crippen LogP contribution in [0.3, 0.4) is 0 Å². The molecule has 0 heterocycles. The lowest BCUT2D eigenvalue weighted by Gasteiger charge is -2.13. The van der Waals surface area contributed by atoms with Gasteiger partial charge in [0.1, 0.15) is 0 Å². The SMILES string of the molecule is CCCCCCCCCCCCCCCCSCC(CO)COCC.O=P(O)(O)O. The highest BCUT2D eigenvalue weighted by Crippen LogP contribution is 2.25. The average Bonchev–Trinajstić information content (AvgIpc) is 2.68. The van der Waals surface area contributed by atoms with Crippen molar-refractivity contribution >= 4 is 19.6 Å². The summed E-state index contributed by atoms with van der Waals surface area (Å²) >= 11 is 1.98. The van der Waals surface area contributed by atoms with Crippen molar-refractivity contribution in [3.05, 3.63) is 0 Å². The Balaban J connectivity index is 0. The molecule has 0 fully saturated rings. The normalized spacial score (nSPS) is 12.5. The van der Waals surface area contributed by atoms with Crippen LogP contribution >= 0.6 is 19.6 Å². The maximum atomic E-state index is 9.28. The molecule has 1 unspecified atom stereocenters. The first-order valence-electron chi connectivity index (χ1n) is 11.9. The quantitative estimate of drug-likeness (QED) is 0.121. The Morgan fingerprint density at radius 2 is 1.17 bits per heavy atom. The van der Waals surface area contributed by atoms with Crippen LogP contribution < -0.4 is 0 Å². The monoisotopic (exact) mass is 472 g/mol. The third kappa shape index (κ3) is 35.8. The third-order valence-electron chi connectivity index (χ3n) is 4.81. The first kappa shape index (κ1) is 32.6. The second-order valence-electron chi connectivity index (χ2n) is 7.89. The molecule has 0 radical (unpaired) electrons. The van der Waals surface area contributed by atoms with Gasteiger partial charge in [0.05, 0.1) is 6.61 Å². The van der Waals surface area contributed by atoms with Gasteiger partial charge in [-0.05, 0) is 19.1 Å². The minimum Gasteiger partial charge on any atom is -0.396 e. The molecule has 8 heteroatoms. The highest BCUT2D eigenvalue weighted by Gasteiger charge is 2.07. The summed E-state index contributed by atoms with van der Waals surface area (Å²) in [5, 5.41) is 9.28. The second-order valence-corrected chi connectivity index (χ2v) is 10.1. The largest absolute Gasteiger partial charge is 0.466 e. The summed E-state index contributed by atoms with van der Waals surface area (Å²) in [6, 6.07) is 0. The molecule has 6 nitrogen and oxygen atoms in total. The number of ether oxygens (including phenoxy) is 1. The van der Waals surface area contributed by atoms with Crippen LogP contribution in [-0.2, 0) is 9.30 Å². The average molecular weight is 473 g/mol. The van der Waals surface area contributed by atoms with Gasteiger partial charge < -0.3 is 24.5 Å². The fraction of sp³-hybridized carbons (Fsp3) is 1.00. The van der Waals surface area contributed by atoms with Gasteiger partial charge >= 0.3 is 7.82 Å². The summed E-state index contributed by atoms with van der Waals surface area (Å²) in [5.41, 5.74) is 0. The van der Waals surface area contributed by atoms with Gasteiger partial charge in [-0.2, -0.15) is 11.8 Å². The Labute approximate surface area is 189 Å². The number of aliphatic hydroxyl groups excluding tert-OH is 1. The first-order valence-corrected chi connectivity index (χ1v) is 14.6. The number of hydrogen-bond acceptors (Lipinski definition) is 4. The summed E-state index contributed by atoms with van der Waals surface area (Å²) < 4.78 is 14.3. The predicted molar refractivity (Wildman–Crippen MR) is 129 cm³/mol. The highest BCUT2D eigenvalue weighted by atomic mass is 32.2. The van der Waals surface area contributed by atoms with E-state index in [0.29, 0.717) is 12.5 Å². The topological polar surface area (TPSA) is 107 Å². The van der Waals surface area contributed by atoms with Crippen molar-refractivity contribution in [2.45, 2.75) is 104 Å². The molecule has 0 aliphatic carbocycles. The number of thioether (sulfide) groups is 1. The van der Waals surface area contributed by atoms with Gasteiger partial charge in [-0.1, -0.05) is 90.4 Å². The summed E-state index contributed by atoms with van der Waals surface area (Å²) in [6.45, 7) is 6.01. The van der Waals surface area contributed by atoms with E-state index in [2.05, 4.69) is 6.92 Å². The Hall–Kier alpha value is 0.380. The fourth-order valence-corrected chi connectivity index (χ4v) is 4.20. The van der Waals surface area contributed by atoms with Gasteiger partial charge in [-0.3, -0.25) is 0 Å². The van der Waals surface area contributed by atoms with E-state index in [9.17, 15) is 5.11 Å². The Morgan fingerprint density at radius 1 is 0.767 bits per heavy atom. The van der Waals surface area contributed by atoms with Crippen LogP contribution in [0.25, 0.3) is 0 Å². The number of hydrogen-bond donors (Lipinski definition) is 4. The van der Waals surface area contributed by atoms with Crippen molar-refractivity contribution in [1.29, 1.82) is 0 Å². The molecule has 0 rings (SSSR count).